The molecule has 0 spiro atoms. The van der Waals surface area contributed by atoms with Gasteiger partial charge in [-0.15, -0.1) is 0 Å². The van der Waals surface area contributed by atoms with E-state index in [-0.39, 0.29) is 0 Å². The van der Waals surface area contributed by atoms with Gasteiger partial charge in [0.25, 0.3) is 0 Å². The number of methoxy groups -OCH3 is 1. The van der Waals surface area contributed by atoms with Crippen LogP contribution in [0.25, 0.3) is 0 Å². The fourth-order valence-electron chi connectivity index (χ4n) is 1.59. The minimum Gasteiger partial charge on any atom is -0.490 e. The van der Waals surface area contributed by atoms with Gasteiger partial charge in [-0.1, -0.05) is 0 Å². The minimum absolute atomic E-state index is 0.324. The maximum absolute atomic E-state index is 5.68. The van der Waals surface area contributed by atoms with Gasteiger partial charge >= 0.3 is 0 Å². The first kappa shape index (κ1) is 12.2. The molecule has 0 aromatic carbocycles. The summed E-state index contributed by atoms with van der Waals surface area (Å²) in [6, 6.07) is 0. The van der Waals surface area contributed by atoms with E-state index in [4.69, 9.17) is 10.5 Å². The van der Waals surface area contributed by atoms with Crippen molar-refractivity contribution >= 4 is 11.6 Å². The molecule has 0 fully saturated rings. The number of nitrogen functional groups attached to an aromatic ring is 1. The SMILES string of the molecule is COc1c(N)ncnc1NCCn1cc(C)cn1. The maximum atomic E-state index is 5.68. The van der Waals surface area contributed by atoms with Crippen LogP contribution in [0.15, 0.2) is 18.7 Å². The fourth-order valence-corrected chi connectivity index (χ4v) is 1.59. The van der Waals surface area contributed by atoms with Crippen molar-refractivity contribution in [2.24, 2.45) is 0 Å². The summed E-state index contributed by atoms with van der Waals surface area (Å²) >= 11 is 0. The minimum atomic E-state index is 0.324. The maximum Gasteiger partial charge on any atom is 0.203 e. The Kier molecular flexibility index (Phi) is 3.61. The number of hydrogen-bond acceptors (Lipinski definition) is 6. The first-order chi connectivity index (χ1) is 8.70. The Labute approximate surface area is 105 Å². The lowest BCUT2D eigenvalue weighted by Crippen LogP contribution is -2.13. The Balaban J connectivity index is 1.96. The second kappa shape index (κ2) is 5.35. The first-order valence-corrected chi connectivity index (χ1v) is 5.58. The predicted molar refractivity (Wildman–Crippen MR) is 68.5 cm³/mol. The molecule has 2 aromatic rings. The predicted octanol–water partition coefficient (Wildman–Crippen LogP) is 0.684. The molecular weight excluding hydrogens is 232 g/mol. The molecule has 7 heteroatoms. The summed E-state index contributed by atoms with van der Waals surface area (Å²) in [6.45, 7) is 3.42. The third-order valence-corrected chi connectivity index (χ3v) is 2.43. The van der Waals surface area contributed by atoms with Gasteiger partial charge in [-0.2, -0.15) is 5.10 Å². The van der Waals surface area contributed by atoms with Crippen LogP contribution in [0.4, 0.5) is 11.6 Å². The monoisotopic (exact) mass is 248 g/mol. The van der Waals surface area contributed by atoms with E-state index in [9.17, 15) is 0 Å². The van der Waals surface area contributed by atoms with E-state index in [1.807, 2.05) is 24.0 Å². The third-order valence-electron chi connectivity index (χ3n) is 2.43. The van der Waals surface area contributed by atoms with E-state index in [1.54, 1.807) is 0 Å². The number of rotatable bonds is 5. The zero-order chi connectivity index (χ0) is 13.0. The molecule has 2 rings (SSSR count). The van der Waals surface area contributed by atoms with Crippen molar-refractivity contribution in [1.29, 1.82) is 0 Å². The van der Waals surface area contributed by atoms with Crippen molar-refractivity contribution in [3.63, 3.8) is 0 Å². The lowest BCUT2D eigenvalue weighted by atomic mass is 10.4. The summed E-state index contributed by atoms with van der Waals surface area (Å²) in [6.07, 6.45) is 5.20. The Morgan fingerprint density at radius 3 is 2.94 bits per heavy atom. The quantitative estimate of drug-likeness (QED) is 0.808. The molecule has 0 aliphatic heterocycles. The molecule has 0 atom stereocenters. The molecule has 2 heterocycles. The highest BCUT2D eigenvalue weighted by atomic mass is 16.5. The highest BCUT2D eigenvalue weighted by Crippen LogP contribution is 2.25. The second-order valence-electron chi connectivity index (χ2n) is 3.85. The summed E-state index contributed by atoms with van der Waals surface area (Å²) < 4.78 is 7.01. The van der Waals surface area contributed by atoms with Crippen molar-refractivity contribution in [2.45, 2.75) is 13.5 Å². The van der Waals surface area contributed by atoms with Crippen LogP contribution in [0.5, 0.6) is 5.75 Å². The lowest BCUT2D eigenvalue weighted by Gasteiger charge is -2.10. The molecule has 0 aliphatic rings. The number of hydrogen-bond donors (Lipinski definition) is 2. The molecule has 0 aliphatic carbocycles. The molecule has 0 unspecified atom stereocenters. The van der Waals surface area contributed by atoms with Gasteiger partial charge < -0.3 is 15.8 Å². The Hall–Kier alpha value is -2.31. The van der Waals surface area contributed by atoms with Gasteiger partial charge in [-0.25, -0.2) is 9.97 Å². The van der Waals surface area contributed by atoms with Crippen LogP contribution in [0.3, 0.4) is 0 Å². The van der Waals surface area contributed by atoms with Crippen molar-refractivity contribution in [2.75, 3.05) is 24.7 Å². The van der Waals surface area contributed by atoms with Gasteiger partial charge in [-0.3, -0.25) is 4.68 Å². The van der Waals surface area contributed by atoms with Gasteiger partial charge in [0.15, 0.2) is 11.6 Å². The molecule has 3 N–H and O–H groups in total. The topological polar surface area (TPSA) is 90.9 Å². The molecular formula is C11H16N6O. The molecule has 0 saturated heterocycles. The average Bonchev–Trinajstić information content (AvgIpc) is 2.75. The third kappa shape index (κ3) is 2.68. The van der Waals surface area contributed by atoms with Crippen molar-refractivity contribution in [1.82, 2.24) is 19.7 Å². The van der Waals surface area contributed by atoms with Crippen LogP contribution in [0.2, 0.25) is 0 Å². The highest BCUT2D eigenvalue weighted by Gasteiger charge is 2.08. The van der Waals surface area contributed by atoms with Crippen LogP contribution < -0.4 is 15.8 Å². The summed E-state index contributed by atoms with van der Waals surface area (Å²) in [5.74, 6) is 1.38. The highest BCUT2D eigenvalue weighted by molar-refractivity contribution is 5.61. The second-order valence-corrected chi connectivity index (χ2v) is 3.85. The number of aromatic nitrogens is 4. The first-order valence-electron chi connectivity index (χ1n) is 5.58. The molecule has 0 bridgehead atoms. The number of aryl methyl sites for hydroxylation is 1. The fraction of sp³-hybridized carbons (Fsp3) is 0.364. The number of nitrogens with zero attached hydrogens (tertiary/aromatic N) is 4. The molecule has 2 aromatic heterocycles. The van der Waals surface area contributed by atoms with Crippen LogP contribution in [-0.2, 0) is 6.54 Å². The van der Waals surface area contributed by atoms with Crippen LogP contribution in [0, 0.1) is 6.92 Å². The molecule has 0 amide bonds. The van der Waals surface area contributed by atoms with Gasteiger partial charge in [0, 0.05) is 12.7 Å². The van der Waals surface area contributed by atoms with Crippen LogP contribution in [0.1, 0.15) is 5.56 Å². The van der Waals surface area contributed by atoms with Gasteiger partial charge in [0.05, 0.1) is 19.9 Å². The van der Waals surface area contributed by atoms with E-state index in [0.717, 1.165) is 12.1 Å². The van der Waals surface area contributed by atoms with E-state index in [1.165, 1.54) is 13.4 Å². The average molecular weight is 248 g/mol. The number of nitrogens with one attached hydrogen (secondary N) is 1. The normalized spacial score (nSPS) is 10.3. The van der Waals surface area contributed by atoms with E-state index in [0.29, 0.717) is 23.9 Å². The summed E-state index contributed by atoms with van der Waals surface area (Å²) in [4.78, 5) is 7.95. The lowest BCUT2D eigenvalue weighted by molar-refractivity contribution is 0.415. The number of ether oxygens (including phenoxy) is 1. The molecule has 0 saturated carbocycles. The van der Waals surface area contributed by atoms with Crippen LogP contribution >= 0.6 is 0 Å². The van der Waals surface area contributed by atoms with Gasteiger partial charge in [-0.05, 0) is 12.5 Å². The standard InChI is InChI=1S/C11H16N6O/c1-8-5-16-17(6-8)4-3-13-11-9(18-2)10(12)14-7-15-11/h5-7H,3-4H2,1-2H3,(H3,12,13,14,15). The largest absolute Gasteiger partial charge is 0.490 e. The molecule has 18 heavy (non-hydrogen) atoms. The zero-order valence-electron chi connectivity index (χ0n) is 10.4. The van der Waals surface area contributed by atoms with E-state index < -0.39 is 0 Å². The number of anilines is 2. The van der Waals surface area contributed by atoms with E-state index >= 15 is 0 Å². The molecule has 96 valence electrons. The van der Waals surface area contributed by atoms with Crippen molar-refractivity contribution < 1.29 is 4.74 Å². The van der Waals surface area contributed by atoms with Crippen molar-refractivity contribution in [3.05, 3.63) is 24.3 Å². The smallest absolute Gasteiger partial charge is 0.203 e. The number of nitrogens with two attached hydrogens (primary N) is 1. The van der Waals surface area contributed by atoms with Gasteiger partial charge in [0.2, 0.25) is 5.75 Å². The van der Waals surface area contributed by atoms with Crippen molar-refractivity contribution in [3.8, 4) is 5.75 Å². The molecule has 7 nitrogen and oxygen atoms in total. The Bertz CT molecular complexity index is 524. The van der Waals surface area contributed by atoms with Crippen LogP contribution in [-0.4, -0.2) is 33.4 Å². The Morgan fingerprint density at radius 2 is 2.28 bits per heavy atom. The zero-order valence-corrected chi connectivity index (χ0v) is 10.4. The molecule has 0 radical (unpaired) electrons. The summed E-state index contributed by atoms with van der Waals surface area (Å²) in [7, 11) is 1.54. The summed E-state index contributed by atoms with van der Waals surface area (Å²) in [5.41, 5.74) is 6.82. The Morgan fingerprint density at radius 1 is 1.44 bits per heavy atom. The van der Waals surface area contributed by atoms with E-state index in [2.05, 4.69) is 20.4 Å². The summed E-state index contributed by atoms with van der Waals surface area (Å²) in [5, 5.41) is 7.34. The van der Waals surface area contributed by atoms with Gasteiger partial charge in [0.1, 0.15) is 6.33 Å².